The number of ether oxygens (including phenoxy) is 1. The van der Waals surface area contributed by atoms with Gasteiger partial charge in [-0.15, -0.1) is 0 Å². The Hall–Kier alpha value is -1.06. The molecule has 0 saturated carbocycles. The predicted molar refractivity (Wildman–Crippen MR) is 70.3 cm³/mol. The van der Waals surface area contributed by atoms with Gasteiger partial charge in [0, 0.05) is 6.42 Å². The molecule has 0 heterocycles. The van der Waals surface area contributed by atoms with Gasteiger partial charge in [-0.25, -0.2) is 0 Å². The lowest BCUT2D eigenvalue weighted by Gasteiger charge is -2.13. The Labute approximate surface area is 104 Å². The minimum Gasteiger partial charge on any atom is -0.493 e. The zero-order valence-corrected chi connectivity index (χ0v) is 10.8. The van der Waals surface area contributed by atoms with E-state index in [0.717, 1.165) is 24.2 Å². The Morgan fingerprint density at radius 2 is 2.06 bits per heavy atom. The molecule has 1 rings (SSSR count). The maximum Gasteiger partial charge on any atom is 0.122 e. The quantitative estimate of drug-likeness (QED) is 0.764. The van der Waals surface area contributed by atoms with Crippen molar-refractivity contribution in [3.63, 3.8) is 0 Å². The third-order valence-corrected chi connectivity index (χ3v) is 2.79. The first-order valence-corrected chi connectivity index (χ1v) is 6.21. The number of hydrogen-bond donors (Lipinski definition) is 2. The van der Waals surface area contributed by atoms with Gasteiger partial charge in [0.05, 0.1) is 12.7 Å². The fourth-order valence-electron chi connectivity index (χ4n) is 1.67. The Balaban J connectivity index is 2.32. The van der Waals surface area contributed by atoms with Gasteiger partial charge in [0.25, 0.3) is 0 Å². The van der Waals surface area contributed by atoms with Crippen molar-refractivity contribution in [3.05, 3.63) is 29.3 Å². The fraction of sp³-hybridized carbons (Fsp3) is 0.571. The molecule has 3 heteroatoms. The highest BCUT2D eigenvalue weighted by Crippen LogP contribution is 2.19. The van der Waals surface area contributed by atoms with E-state index < -0.39 is 0 Å². The van der Waals surface area contributed by atoms with E-state index in [1.807, 2.05) is 19.9 Å². The summed E-state index contributed by atoms with van der Waals surface area (Å²) in [5.41, 5.74) is 7.71. The average Bonchev–Trinajstić information content (AvgIpc) is 2.31. The SMILES string of the molecule is Cc1ccc(C)c(OCCC(O)CCCN)c1. The Bertz CT molecular complexity index is 339. The topological polar surface area (TPSA) is 55.5 Å². The maximum absolute atomic E-state index is 9.65. The molecular weight excluding hydrogens is 214 g/mol. The number of aliphatic hydroxyl groups is 1. The molecular formula is C14H23NO2. The number of aliphatic hydroxyl groups excluding tert-OH is 1. The average molecular weight is 237 g/mol. The highest BCUT2D eigenvalue weighted by atomic mass is 16.5. The van der Waals surface area contributed by atoms with E-state index in [4.69, 9.17) is 10.5 Å². The monoisotopic (exact) mass is 237 g/mol. The number of benzene rings is 1. The van der Waals surface area contributed by atoms with Crippen LogP contribution in [0.4, 0.5) is 0 Å². The summed E-state index contributed by atoms with van der Waals surface area (Å²) in [6, 6.07) is 6.15. The molecule has 0 aliphatic heterocycles. The second kappa shape index (κ2) is 7.30. The smallest absolute Gasteiger partial charge is 0.122 e. The van der Waals surface area contributed by atoms with Crippen molar-refractivity contribution < 1.29 is 9.84 Å². The Kier molecular flexibility index (Phi) is 6.01. The van der Waals surface area contributed by atoms with E-state index in [9.17, 15) is 5.11 Å². The van der Waals surface area contributed by atoms with E-state index in [2.05, 4.69) is 12.1 Å². The highest BCUT2D eigenvalue weighted by molar-refractivity contribution is 5.35. The summed E-state index contributed by atoms with van der Waals surface area (Å²) >= 11 is 0. The molecule has 17 heavy (non-hydrogen) atoms. The van der Waals surface area contributed by atoms with Crippen LogP contribution in [0.1, 0.15) is 30.4 Å². The molecule has 0 radical (unpaired) electrons. The molecule has 0 bridgehead atoms. The van der Waals surface area contributed by atoms with Crippen LogP contribution in [0.3, 0.4) is 0 Å². The van der Waals surface area contributed by atoms with E-state index in [0.29, 0.717) is 19.6 Å². The van der Waals surface area contributed by atoms with E-state index in [1.54, 1.807) is 0 Å². The number of rotatable bonds is 7. The summed E-state index contributed by atoms with van der Waals surface area (Å²) in [4.78, 5) is 0. The molecule has 0 amide bonds. The van der Waals surface area contributed by atoms with Crippen LogP contribution < -0.4 is 10.5 Å². The summed E-state index contributed by atoms with van der Waals surface area (Å²) < 4.78 is 5.68. The van der Waals surface area contributed by atoms with Crippen LogP contribution >= 0.6 is 0 Å². The van der Waals surface area contributed by atoms with Crippen LogP contribution in [-0.2, 0) is 0 Å². The van der Waals surface area contributed by atoms with Gasteiger partial charge < -0.3 is 15.6 Å². The Morgan fingerprint density at radius 3 is 2.76 bits per heavy atom. The van der Waals surface area contributed by atoms with Crippen LogP contribution in [0.2, 0.25) is 0 Å². The van der Waals surface area contributed by atoms with Crippen LogP contribution in [0.15, 0.2) is 18.2 Å². The van der Waals surface area contributed by atoms with Gasteiger partial charge in [-0.05, 0) is 50.4 Å². The summed E-state index contributed by atoms with van der Waals surface area (Å²) in [5, 5.41) is 9.65. The highest BCUT2D eigenvalue weighted by Gasteiger charge is 2.05. The first-order valence-electron chi connectivity index (χ1n) is 6.21. The molecule has 3 nitrogen and oxygen atoms in total. The minimum absolute atomic E-state index is 0.302. The van der Waals surface area contributed by atoms with Gasteiger partial charge in [-0.2, -0.15) is 0 Å². The van der Waals surface area contributed by atoms with E-state index >= 15 is 0 Å². The summed E-state index contributed by atoms with van der Waals surface area (Å²) in [6.45, 7) is 5.26. The minimum atomic E-state index is -0.302. The molecule has 0 saturated heterocycles. The lowest BCUT2D eigenvalue weighted by Crippen LogP contribution is -2.14. The van der Waals surface area contributed by atoms with Gasteiger partial charge in [0.15, 0.2) is 0 Å². The first-order chi connectivity index (χ1) is 8.13. The van der Waals surface area contributed by atoms with Crippen LogP contribution in [0.25, 0.3) is 0 Å². The fourth-order valence-corrected chi connectivity index (χ4v) is 1.67. The first kappa shape index (κ1) is 14.0. The van der Waals surface area contributed by atoms with Crippen molar-refractivity contribution in [1.82, 2.24) is 0 Å². The summed E-state index contributed by atoms with van der Waals surface area (Å²) in [6.07, 6.45) is 1.98. The largest absolute Gasteiger partial charge is 0.493 e. The normalized spacial score (nSPS) is 12.5. The number of hydrogen-bond acceptors (Lipinski definition) is 3. The van der Waals surface area contributed by atoms with Crippen molar-refractivity contribution >= 4 is 0 Å². The van der Waals surface area contributed by atoms with E-state index in [1.165, 1.54) is 5.56 Å². The molecule has 0 aromatic heterocycles. The second-order valence-electron chi connectivity index (χ2n) is 4.49. The van der Waals surface area contributed by atoms with Gasteiger partial charge in [0.1, 0.15) is 5.75 Å². The molecule has 1 atom stereocenters. The molecule has 0 spiro atoms. The maximum atomic E-state index is 9.65. The molecule has 0 aliphatic carbocycles. The molecule has 1 unspecified atom stereocenters. The van der Waals surface area contributed by atoms with E-state index in [-0.39, 0.29) is 6.10 Å². The molecule has 3 N–H and O–H groups in total. The standard InChI is InChI=1S/C14H23NO2/c1-11-5-6-12(2)14(10-11)17-9-7-13(16)4-3-8-15/h5-6,10,13,16H,3-4,7-9,15H2,1-2H3. The zero-order valence-electron chi connectivity index (χ0n) is 10.8. The summed E-state index contributed by atoms with van der Waals surface area (Å²) in [7, 11) is 0. The molecule has 1 aromatic rings. The van der Waals surface area contributed by atoms with Gasteiger partial charge >= 0.3 is 0 Å². The van der Waals surface area contributed by atoms with Crippen molar-refractivity contribution in [2.24, 2.45) is 5.73 Å². The van der Waals surface area contributed by atoms with Crippen molar-refractivity contribution in [3.8, 4) is 5.75 Å². The van der Waals surface area contributed by atoms with Gasteiger partial charge in [0.2, 0.25) is 0 Å². The molecule has 96 valence electrons. The zero-order chi connectivity index (χ0) is 12.7. The molecule has 0 aliphatic rings. The van der Waals surface area contributed by atoms with Crippen LogP contribution in [0.5, 0.6) is 5.75 Å². The summed E-state index contributed by atoms with van der Waals surface area (Å²) in [5.74, 6) is 0.913. The van der Waals surface area contributed by atoms with Crippen LogP contribution in [-0.4, -0.2) is 24.4 Å². The third-order valence-electron chi connectivity index (χ3n) is 2.79. The van der Waals surface area contributed by atoms with Gasteiger partial charge in [-0.1, -0.05) is 12.1 Å². The Morgan fingerprint density at radius 1 is 1.29 bits per heavy atom. The van der Waals surface area contributed by atoms with Crippen molar-refractivity contribution in [2.75, 3.05) is 13.2 Å². The molecule has 1 aromatic carbocycles. The lowest BCUT2D eigenvalue weighted by molar-refractivity contribution is 0.129. The lowest BCUT2D eigenvalue weighted by atomic mass is 10.1. The second-order valence-corrected chi connectivity index (χ2v) is 4.49. The van der Waals surface area contributed by atoms with Gasteiger partial charge in [-0.3, -0.25) is 0 Å². The number of aryl methyl sites for hydroxylation is 2. The van der Waals surface area contributed by atoms with Crippen LogP contribution in [0, 0.1) is 13.8 Å². The molecule has 0 fully saturated rings. The predicted octanol–water partition coefficient (Wildman–Crippen LogP) is 2.17. The third kappa shape index (κ3) is 5.20. The van der Waals surface area contributed by atoms with Crippen molar-refractivity contribution in [1.29, 1.82) is 0 Å². The van der Waals surface area contributed by atoms with Crippen molar-refractivity contribution in [2.45, 2.75) is 39.2 Å². The number of nitrogens with two attached hydrogens (primary N) is 1.